The van der Waals surface area contributed by atoms with E-state index in [1.165, 1.54) is 0 Å². The van der Waals surface area contributed by atoms with Crippen molar-refractivity contribution in [2.75, 3.05) is 6.54 Å². The molecule has 5 N–H and O–H groups in total. The Kier molecular flexibility index (Phi) is 3.29. The lowest BCUT2D eigenvalue weighted by molar-refractivity contribution is -0.121. The summed E-state index contributed by atoms with van der Waals surface area (Å²) in [6, 6.07) is 0. The summed E-state index contributed by atoms with van der Waals surface area (Å²) in [4.78, 5) is 21.0. The standard InChI is InChI=1S/C8H14N2O4/c9-7(12)4-1-5(6(11)2-4)3-10-8(13)14/h4-6,10-11H,1-3H2,(H2,9,12)(H,13,14)/t4-,5+,6-/m0/s1. The summed E-state index contributed by atoms with van der Waals surface area (Å²) in [5.74, 6) is -0.962. The van der Waals surface area contributed by atoms with Gasteiger partial charge in [0.25, 0.3) is 0 Å². The van der Waals surface area contributed by atoms with Gasteiger partial charge in [-0.25, -0.2) is 4.79 Å². The van der Waals surface area contributed by atoms with Crippen LogP contribution in [0.1, 0.15) is 12.8 Å². The van der Waals surface area contributed by atoms with Crippen molar-refractivity contribution < 1.29 is 19.8 Å². The number of aliphatic hydroxyl groups is 1. The summed E-state index contributed by atoms with van der Waals surface area (Å²) >= 11 is 0. The summed E-state index contributed by atoms with van der Waals surface area (Å²) < 4.78 is 0. The normalized spacial score (nSPS) is 31.4. The quantitative estimate of drug-likeness (QED) is 0.476. The predicted octanol–water partition coefficient (Wildman–Crippen LogP) is -0.874. The van der Waals surface area contributed by atoms with Crippen molar-refractivity contribution in [1.29, 1.82) is 0 Å². The molecule has 0 bridgehead atoms. The van der Waals surface area contributed by atoms with E-state index in [-0.39, 0.29) is 18.4 Å². The van der Waals surface area contributed by atoms with Crippen LogP contribution in [0, 0.1) is 11.8 Å². The molecule has 0 aromatic rings. The maximum absolute atomic E-state index is 10.8. The molecule has 14 heavy (non-hydrogen) atoms. The Labute approximate surface area is 81.1 Å². The number of hydrogen-bond donors (Lipinski definition) is 4. The Morgan fingerprint density at radius 2 is 2.07 bits per heavy atom. The molecular weight excluding hydrogens is 188 g/mol. The number of amides is 2. The van der Waals surface area contributed by atoms with E-state index in [0.717, 1.165) is 0 Å². The highest BCUT2D eigenvalue weighted by atomic mass is 16.4. The van der Waals surface area contributed by atoms with Crippen LogP contribution in [0.25, 0.3) is 0 Å². The molecular formula is C8H14N2O4. The molecule has 0 aromatic heterocycles. The van der Waals surface area contributed by atoms with Crippen LogP contribution in [0.5, 0.6) is 0 Å². The second kappa shape index (κ2) is 4.28. The number of nitrogens with one attached hydrogen (secondary N) is 1. The molecule has 0 heterocycles. The molecule has 0 saturated heterocycles. The van der Waals surface area contributed by atoms with Gasteiger partial charge in [0.05, 0.1) is 6.10 Å². The lowest BCUT2D eigenvalue weighted by atomic mass is 10.0. The zero-order chi connectivity index (χ0) is 10.7. The first-order chi connectivity index (χ1) is 6.50. The van der Waals surface area contributed by atoms with E-state index < -0.39 is 18.1 Å². The Hall–Kier alpha value is -1.30. The van der Waals surface area contributed by atoms with Gasteiger partial charge in [0, 0.05) is 18.4 Å². The van der Waals surface area contributed by atoms with Crippen molar-refractivity contribution >= 4 is 12.0 Å². The fraction of sp³-hybridized carbons (Fsp3) is 0.750. The molecule has 1 rings (SSSR count). The highest BCUT2D eigenvalue weighted by Gasteiger charge is 2.35. The van der Waals surface area contributed by atoms with Crippen molar-refractivity contribution in [2.45, 2.75) is 18.9 Å². The maximum Gasteiger partial charge on any atom is 0.404 e. The zero-order valence-electron chi connectivity index (χ0n) is 7.64. The largest absolute Gasteiger partial charge is 0.465 e. The highest BCUT2D eigenvalue weighted by molar-refractivity contribution is 5.77. The van der Waals surface area contributed by atoms with Gasteiger partial charge in [-0.05, 0) is 12.8 Å². The molecule has 2 amide bonds. The fourth-order valence-electron chi connectivity index (χ4n) is 1.77. The topological polar surface area (TPSA) is 113 Å². The Balaban J connectivity index is 2.40. The number of rotatable bonds is 3. The monoisotopic (exact) mass is 202 g/mol. The molecule has 80 valence electrons. The third kappa shape index (κ3) is 2.59. The van der Waals surface area contributed by atoms with Crippen LogP contribution < -0.4 is 11.1 Å². The number of nitrogens with two attached hydrogens (primary N) is 1. The summed E-state index contributed by atoms with van der Waals surface area (Å²) in [6.45, 7) is 0.167. The summed E-state index contributed by atoms with van der Waals surface area (Å²) in [5.41, 5.74) is 5.09. The lowest BCUT2D eigenvalue weighted by Gasteiger charge is -2.12. The molecule has 1 aliphatic carbocycles. The molecule has 0 unspecified atom stereocenters. The summed E-state index contributed by atoms with van der Waals surface area (Å²) in [7, 11) is 0. The molecule has 1 fully saturated rings. The second-order valence-corrected chi connectivity index (χ2v) is 3.58. The lowest BCUT2D eigenvalue weighted by Crippen LogP contribution is -2.31. The van der Waals surface area contributed by atoms with Gasteiger partial charge in [-0.3, -0.25) is 4.79 Å². The van der Waals surface area contributed by atoms with Gasteiger partial charge < -0.3 is 21.3 Å². The molecule has 6 heteroatoms. The number of carboxylic acid groups (broad SMARTS) is 1. The molecule has 3 atom stereocenters. The van der Waals surface area contributed by atoms with E-state index in [1.54, 1.807) is 0 Å². The summed E-state index contributed by atoms with van der Waals surface area (Å²) in [6.07, 6.45) is -0.975. The number of carbonyl (C=O) groups is 2. The van der Waals surface area contributed by atoms with Crippen LogP contribution in [0.3, 0.4) is 0 Å². The van der Waals surface area contributed by atoms with E-state index in [0.29, 0.717) is 12.8 Å². The third-order valence-electron chi connectivity index (χ3n) is 2.58. The Morgan fingerprint density at radius 3 is 2.50 bits per heavy atom. The third-order valence-corrected chi connectivity index (χ3v) is 2.58. The molecule has 1 saturated carbocycles. The maximum atomic E-state index is 10.8. The average molecular weight is 202 g/mol. The van der Waals surface area contributed by atoms with Gasteiger partial charge in [0.15, 0.2) is 0 Å². The number of aliphatic hydroxyl groups excluding tert-OH is 1. The van der Waals surface area contributed by atoms with Crippen molar-refractivity contribution in [1.82, 2.24) is 5.32 Å². The molecule has 0 radical (unpaired) electrons. The molecule has 6 nitrogen and oxygen atoms in total. The van der Waals surface area contributed by atoms with E-state index in [1.807, 2.05) is 0 Å². The van der Waals surface area contributed by atoms with Gasteiger partial charge >= 0.3 is 6.09 Å². The zero-order valence-corrected chi connectivity index (χ0v) is 7.64. The van der Waals surface area contributed by atoms with E-state index in [4.69, 9.17) is 10.8 Å². The molecule has 1 aliphatic rings. The van der Waals surface area contributed by atoms with Crippen LogP contribution in [-0.4, -0.2) is 34.9 Å². The molecule has 0 aliphatic heterocycles. The smallest absolute Gasteiger partial charge is 0.404 e. The highest BCUT2D eigenvalue weighted by Crippen LogP contribution is 2.30. The minimum Gasteiger partial charge on any atom is -0.465 e. The minimum absolute atomic E-state index is 0.167. The number of hydrogen-bond acceptors (Lipinski definition) is 3. The minimum atomic E-state index is -1.13. The second-order valence-electron chi connectivity index (χ2n) is 3.58. The predicted molar refractivity (Wildman–Crippen MR) is 47.4 cm³/mol. The van der Waals surface area contributed by atoms with Crippen LogP contribution in [0.2, 0.25) is 0 Å². The first kappa shape index (κ1) is 10.8. The molecule has 0 aromatic carbocycles. The van der Waals surface area contributed by atoms with Gasteiger partial charge in [-0.15, -0.1) is 0 Å². The number of primary amides is 1. The van der Waals surface area contributed by atoms with Gasteiger partial charge in [-0.2, -0.15) is 0 Å². The van der Waals surface area contributed by atoms with E-state index in [2.05, 4.69) is 5.32 Å². The van der Waals surface area contributed by atoms with Crippen LogP contribution in [-0.2, 0) is 4.79 Å². The Morgan fingerprint density at radius 1 is 1.43 bits per heavy atom. The van der Waals surface area contributed by atoms with Crippen LogP contribution in [0.4, 0.5) is 4.79 Å². The van der Waals surface area contributed by atoms with Crippen LogP contribution >= 0.6 is 0 Å². The van der Waals surface area contributed by atoms with Crippen molar-refractivity contribution in [3.63, 3.8) is 0 Å². The van der Waals surface area contributed by atoms with E-state index >= 15 is 0 Å². The van der Waals surface area contributed by atoms with Crippen molar-refractivity contribution in [3.05, 3.63) is 0 Å². The van der Waals surface area contributed by atoms with Crippen molar-refractivity contribution in [2.24, 2.45) is 17.6 Å². The van der Waals surface area contributed by atoms with Gasteiger partial charge in [0.2, 0.25) is 5.91 Å². The average Bonchev–Trinajstić information content (AvgIpc) is 2.43. The molecule has 0 spiro atoms. The van der Waals surface area contributed by atoms with E-state index in [9.17, 15) is 14.7 Å². The fourth-order valence-corrected chi connectivity index (χ4v) is 1.77. The summed E-state index contributed by atoms with van der Waals surface area (Å²) in [5, 5.41) is 20.0. The number of carbonyl (C=O) groups excluding carboxylic acids is 1. The van der Waals surface area contributed by atoms with Crippen LogP contribution in [0.15, 0.2) is 0 Å². The van der Waals surface area contributed by atoms with Gasteiger partial charge in [0.1, 0.15) is 0 Å². The Bertz CT molecular complexity index is 243. The first-order valence-corrected chi connectivity index (χ1v) is 4.45. The SMILES string of the molecule is NC(=O)[C@H]1C[C@H](CNC(=O)O)[C@@H](O)C1. The van der Waals surface area contributed by atoms with Crippen molar-refractivity contribution in [3.8, 4) is 0 Å². The van der Waals surface area contributed by atoms with Gasteiger partial charge in [-0.1, -0.05) is 0 Å². The first-order valence-electron chi connectivity index (χ1n) is 4.45.